The average molecular weight is 652 g/mol. The van der Waals surface area contributed by atoms with Gasteiger partial charge >= 0.3 is 0 Å². The van der Waals surface area contributed by atoms with Gasteiger partial charge in [0, 0.05) is 5.02 Å². The van der Waals surface area contributed by atoms with E-state index in [1.54, 1.807) is 48.5 Å². The molecule has 1 saturated carbocycles. The van der Waals surface area contributed by atoms with E-state index >= 15 is 0 Å². The number of benzene rings is 2. The number of halogens is 2. The average Bonchev–Trinajstić information content (AvgIpc) is 3.67. The summed E-state index contributed by atoms with van der Waals surface area (Å²) in [4.78, 5) is 55.6. The summed E-state index contributed by atoms with van der Waals surface area (Å²) in [6.07, 6.45) is 2.01. The summed E-state index contributed by atoms with van der Waals surface area (Å²) >= 11 is 12.5. The van der Waals surface area contributed by atoms with Crippen LogP contribution in [-0.4, -0.2) is 51.1 Å². The number of furan rings is 1. The maximum absolute atomic E-state index is 15.0. The fourth-order valence-electron chi connectivity index (χ4n) is 7.77. The number of carbonyl (C=O) groups excluding carboxylic acids is 4. The highest BCUT2D eigenvalue weighted by Crippen LogP contribution is 2.64. The maximum atomic E-state index is 15.0. The van der Waals surface area contributed by atoms with Crippen LogP contribution in [0.4, 0.5) is 5.69 Å². The van der Waals surface area contributed by atoms with Crippen LogP contribution < -0.4 is 10.2 Å². The van der Waals surface area contributed by atoms with E-state index in [1.165, 1.54) is 13.2 Å². The number of hydrogen-bond donors (Lipinski definition) is 3. The Hall–Kier alpha value is -4.16. The number of hydroxylamine groups is 2. The van der Waals surface area contributed by atoms with Gasteiger partial charge in [-0.1, -0.05) is 47.0 Å². The molecule has 1 aromatic heterocycles. The Morgan fingerprint density at radius 2 is 1.76 bits per heavy atom. The highest BCUT2D eigenvalue weighted by atomic mass is 35.5. The number of anilines is 1. The predicted octanol–water partition coefficient (Wildman–Crippen LogP) is 4.46. The Bertz CT molecular complexity index is 1790. The SMILES string of the molecule is COc1ccc(C23C(=O)N(Nc4ccc(Cl)cc4Cl)C(=O)C2CC2C(=CCC4C(=O)N(O)C(=O)C42)C3c2ccc(CO)o2)cc1. The van der Waals surface area contributed by atoms with Crippen LogP contribution in [0.1, 0.15) is 35.8 Å². The summed E-state index contributed by atoms with van der Waals surface area (Å²) in [7, 11) is 1.52. The normalized spacial score (nSPS) is 29.0. The molecule has 13 heteroatoms. The number of nitrogens with one attached hydrogen (secondary N) is 1. The molecule has 3 fully saturated rings. The van der Waals surface area contributed by atoms with Gasteiger partial charge in [-0.05, 0) is 66.8 Å². The summed E-state index contributed by atoms with van der Waals surface area (Å²) < 4.78 is 11.5. The monoisotopic (exact) mass is 651 g/mol. The number of carbonyl (C=O) groups is 4. The number of allylic oxidation sites excluding steroid dienone is 2. The van der Waals surface area contributed by atoms with Crippen molar-refractivity contribution in [3.8, 4) is 5.75 Å². The van der Waals surface area contributed by atoms with Crippen molar-refractivity contribution in [1.29, 1.82) is 0 Å². The van der Waals surface area contributed by atoms with Crippen LogP contribution >= 0.6 is 23.2 Å². The van der Waals surface area contributed by atoms with Crippen molar-refractivity contribution in [3.63, 3.8) is 0 Å². The number of hydrazine groups is 1. The third-order valence-corrected chi connectivity index (χ3v) is 10.2. The zero-order valence-electron chi connectivity index (χ0n) is 23.8. The van der Waals surface area contributed by atoms with Crippen molar-refractivity contribution < 1.29 is 38.6 Å². The van der Waals surface area contributed by atoms with Crippen molar-refractivity contribution in [1.82, 2.24) is 10.1 Å². The maximum Gasteiger partial charge on any atom is 0.260 e. The molecule has 2 saturated heterocycles. The second-order valence-corrected chi connectivity index (χ2v) is 12.5. The second-order valence-electron chi connectivity index (χ2n) is 11.7. The summed E-state index contributed by atoms with van der Waals surface area (Å²) in [5.74, 6) is -5.87. The van der Waals surface area contributed by atoms with Gasteiger partial charge in [-0.3, -0.25) is 29.8 Å². The first kappa shape index (κ1) is 29.5. The van der Waals surface area contributed by atoms with Gasteiger partial charge in [0.15, 0.2) is 0 Å². The van der Waals surface area contributed by atoms with E-state index in [4.69, 9.17) is 32.4 Å². The fourth-order valence-corrected chi connectivity index (χ4v) is 8.22. The number of aliphatic hydroxyl groups is 1. The van der Waals surface area contributed by atoms with Gasteiger partial charge < -0.3 is 14.3 Å². The number of imide groups is 2. The van der Waals surface area contributed by atoms with Crippen molar-refractivity contribution >= 4 is 52.5 Å². The van der Waals surface area contributed by atoms with Gasteiger partial charge in [-0.25, -0.2) is 0 Å². The number of methoxy groups -OCH3 is 1. The van der Waals surface area contributed by atoms with Crippen molar-refractivity contribution in [2.75, 3.05) is 12.5 Å². The van der Waals surface area contributed by atoms with Gasteiger partial charge in [0.1, 0.15) is 29.3 Å². The Labute approximate surface area is 266 Å². The summed E-state index contributed by atoms with van der Waals surface area (Å²) in [6, 6.07) is 14.7. The van der Waals surface area contributed by atoms with E-state index in [0.29, 0.717) is 27.7 Å². The Morgan fingerprint density at radius 3 is 2.42 bits per heavy atom. The number of ether oxygens (including phenoxy) is 1. The molecular formula is C32H27Cl2N3O8. The molecule has 2 aliphatic heterocycles. The Morgan fingerprint density at radius 1 is 1.00 bits per heavy atom. The van der Waals surface area contributed by atoms with E-state index in [2.05, 4.69) is 5.43 Å². The van der Waals surface area contributed by atoms with E-state index in [0.717, 1.165) is 5.01 Å². The van der Waals surface area contributed by atoms with E-state index in [1.807, 2.05) is 6.08 Å². The second kappa shape index (κ2) is 10.7. The number of nitrogens with zero attached hydrogens (tertiary/aromatic N) is 2. The lowest BCUT2D eigenvalue weighted by molar-refractivity contribution is -0.173. The molecule has 3 N–H and O–H groups in total. The number of hydrogen-bond acceptors (Lipinski definition) is 9. The molecule has 3 aromatic rings. The van der Waals surface area contributed by atoms with Crippen LogP contribution in [0.15, 0.2) is 70.7 Å². The molecule has 6 unspecified atom stereocenters. The number of aliphatic hydroxyl groups excluding tert-OH is 1. The zero-order chi connectivity index (χ0) is 31.8. The molecule has 4 amide bonds. The third kappa shape index (κ3) is 4.18. The van der Waals surface area contributed by atoms with Crippen molar-refractivity contribution in [2.24, 2.45) is 23.7 Å². The van der Waals surface area contributed by atoms with E-state index in [-0.39, 0.29) is 34.4 Å². The minimum atomic E-state index is -1.58. The topological polar surface area (TPSA) is 150 Å². The highest BCUT2D eigenvalue weighted by Gasteiger charge is 2.71. The Balaban J connectivity index is 1.46. The van der Waals surface area contributed by atoms with Crippen molar-refractivity contribution in [2.45, 2.75) is 30.8 Å². The predicted molar refractivity (Wildman–Crippen MR) is 159 cm³/mol. The molecule has 2 aromatic carbocycles. The van der Waals surface area contributed by atoms with Gasteiger partial charge in [-0.2, -0.15) is 10.1 Å². The van der Waals surface area contributed by atoms with Gasteiger partial charge in [0.2, 0.25) is 0 Å². The fraction of sp³-hybridized carbons (Fsp3) is 0.312. The van der Waals surface area contributed by atoms with Crippen LogP contribution in [0, 0.1) is 23.7 Å². The van der Waals surface area contributed by atoms with Gasteiger partial charge in [0.25, 0.3) is 23.6 Å². The molecule has 232 valence electrons. The largest absolute Gasteiger partial charge is 0.497 e. The molecule has 6 atom stereocenters. The number of fused-ring (bicyclic) bond motifs is 4. The highest BCUT2D eigenvalue weighted by molar-refractivity contribution is 6.36. The molecule has 0 bridgehead atoms. The summed E-state index contributed by atoms with van der Waals surface area (Å²) in [5.41, 5.74) is 2.74. The van der Waals surface area contributed by atoms with Crippen LogP contribution in [0.2, 0.25) is 10.0 Å². The lowest BCUT2D eigenvalue weighted by Gasteiger charge is -2.49. The van der Waals surface area contributed by atoms with Gasteiger partial charge in [-0.15, -0.1) is 0 Å². The van der Waals surface area contributed by atoms with E-state index < -0.39 is 65.2 Å². The molecule has 3 heterocycles. The lowest BCUT2D eigenvalue weighted by atomic mass is 9.50. The number of rotatable bonds is 6. The van der Waals surface area contributed by atoms with Crippen LogP contribution in [-0.2, 0) is 31.2 Å². The van der Waals surface area contributed by atoms with Crippen LogP contribution in [0.25, 0.3) is 0 Å². The first-order valence-electron chi connectivity index (χ1n) is 14.3. The van der Waals surface area contributed by atoms with Gasteiger partial charge in [0.05, 0.1) is 41.5 Å². The molecule has 45 heavy (non-hydrogen) atoms. The molecular weight excluding hydrogens is 625 g/mol. The third-order valence-electron chi connectivity index (χ3n) is 9.68. The molecule has 7 rings (SSSR count). The summed E-state index contributed by atoms with van der Waals surface area (Å²) in [5, 5.41) is 21.8. The standard InChI is InChI=1S/C32H27Cl2N3O8/c1-44-17-5-2-15(3-6-17)32-22(29(40)36(31(32)42)35-24-10-4-16(33)12-23(24)34)13-21-19(27(32)25-11-7-18(14-38)45-25)8-9-20-26(21)30(41)37(43)28(20)39/h2-8,10-12,20-22,26-27,35,38,43H,9,13-14H2,1H3. The van der Waals surface area contributed by atoms with Crippen LogP contribution in [0.3, 0.4) is 0 Å². The number of amides is 4. The minimum absolute atomic E-state index is 0.0348. The Kier molecular flexibility index (Phi) is 7.05. The zero-order valence-corrected chi connectivity index (χ0v) is 25.3. The summed E-state index contributed by atoms with van der Waals surface area (Å²) in [6.45, 7) is -0.402. The quantitative estimate of drug-likeness (QED) is 0.199. The lowest BCUT2D eigenvalue weighted by Crippen LogP contribution is -2.53. The molecule has 11 nitrogen and oxygen atoms in total. The first-order chi connectivity index (χ1) is 21.6. The molecule has 0 radical (unpaired) electrons. The van der Waals surface area contributed by atoms with E-state index in [9.17, 15) is 29.5 Å². The van der Waals surface area contributed by atoms with Crippen molar-refractivity contribution in [3.05, 3.63) is 93.4 Å². The molecule has 0 spiro atoms. The minimum Gasteiger partial charge on any atom is -0.497 e. The first-order valence-corrected chi connectivity index (χ1v) is 15.1. The molecule has 4 aliphatic rings. The smallest absolute Gasteiger partial charge is 0.260 e. The molecule has 2 aliphatic carbocycles. The van der Waals surface area contributed by atoms with Crippen LogP contribution in [0.5, 0.6) is 5.75 Å².